The second-order valence-electron chi connectivity index (χ2n) is 3.43. The zero-order valence-corrected chi connectivity index (χ0v) is 10.7. The predicted octanol–water partition coefficient (Wildman–Crippen LogP) is 0.126. The van der Waals surface area contributed by atoms with Crippen molar-refractivity contribution in [3.05, 3.63) is 18.3 Å². The van der Waals surface area contributed by atoms with Crippen LogP contribution in [0.15, 0.2) is 23.2 Å². The summed E-state index contributed by atoms with van der Waals surface area (Å²) in [6.07, 6.45) is 1.53. The summed E-state index contributed by atoms with van der Waals surface area (Å²) in [5.41, 5.74) is 0. The van der Waals surface area contributed by atoms with Crippen LogP contribution >= 0.6 is 0 Å². The topological polar surface area (TPSA) is 82.5 Å². The number of aromatic nitrogens is 1. The van der Waals surface area contributed by atoms with Crippen LogP contribution in [0.2, 0.25) is 0 Å². The first-order valence-electron chi connectivity index (χ1n) is 5.30. The number of aliphatic hydroxyl groups is 1. The number of hydrogen-bond donors (Lipinski definition) is 2. The van der Waals surface area contributed by atoms with Gasteiger partial charge in [0.2, 0.25) is 10.0 Å². The molecule has 0 aliphatic carbocycles. The van der Waals surface area contributed by atoms with E-state index in [4.69, 9.17) is 5.11 Å². The van der Waals surface area contributed by atoms with Crippen LogP contribution in [0, 0.1) is 0 Å². The summed E-state index contributed by atoms with van der Waals surface area (Å²) in [5, 5.41) is 11.7. The van der Waals surface area contributed by atoms with Crippen molar-refractivity contribution in [3.63, 3.8) is 0 Å². The van der Waals surface area contributed by atoms with Gasteiger partial charge in [-0.25, -0.2) is 13.4 Å². The van der Waals surface area contributed by atoms with Crippen LogP contribution in [0.3, 0.4) is 0 Å². The quantitative estimate of drug-likeness (QED) is 0.758. The summed E-state index contributed by atoms with van der Waals surface area (Å²) in [6.45, 7) is 2.29. The number of sulfonamides is 1. The first-order valence-corrected chi connectivity index (χ1v) is 6.74. The highest BCUT2D eigenvalue weighted by Crippen LogP contribution is 2.20. The minimum atomic E-state index is -3.61. The van der Waals surface area contributed by atoms with E-state index >= 15 is 0 Å². The fraction of sp³-hybridized carbons (Fsp3) is 0.500. The summed E-state index contributed by atoms with van der Waals surface area (Å²) in [7, 11) is -2.18. The predicted molar refractivity (Wildman–Crippen MR) is 65.3 cm³/mol. The van der Waals surface area contributed by atoms with Crippen molar-refractivity contribution in [1.29, 1.82) is 0 Å². The smallest absolute Gasteiger partial charge is 0.246 e. The van der Waals surface area contributed by atoms with Gasteiger partial charge in [0, 0.05) is 26.3 Å². The summed E-state index contributed by atoms with van der Waals surface area (Å²) < 4.78 is 25.4. The lowest BCUT2D eigenvalue weighted by Gasteiger charge is -2.17. The summed E-state index contributed by atoms with van der Waals surface area (Å²) in [4.78, 5) is 4.12. The molecule has 0 aliphatic heterocycles. The van der Waals surface area contributed by atoms with E-state index in [0.717, 1.165) is 4.31 Å². The van der Waals surface area contributed by atoms with E-state index < -0.39 is 10.0 Å². The fourth-order valence-electron chi connectivity index (χ4n) is 1.33. The van der Waals surface area contributed by atoms with Gasteiger partial charge in [-0.05, 0) is 19.1 Å². The standard InChI is InChI=1S/C10H17N3O3S/c1-3-11-10-9(5-4-6-12-10)17(15,16)13(2)7-8-14/h4-6,14H,3,7-8H2,1-2H3,(H,11,12). The largest absolute Gasteiger partial charge is 0.395 e. The third kappa shape index (κ3) is 3.15. The minimum absolute atomic E-state index is 0.0583. The molecule has 0 aromatic carbocycles. The van der Waals surface area contributed by atoms with Crippen molar-refractivity contribution >= 4 is 15.8 Å². The molecule has 0 bridgehead atoms. The van der Waals surface area contributed by atoms with Crippen molar-refractivity contribution < 1.29 is 13.5 Å². The number of likely N-dealkylation sites (N-methyl/N-ethyl adjacent to an activating group) is 1. The van der Waals surface area contributed by atoms with Crippen LogP contribution in [-0.2, 0) is 10.0 Å². The Hall–Kier alpha value is -1.18. The molecule has 0 radical (unpaired) electrons. The van der Waals surface area contributed by atoms with Crippen LogP contribution in [0.25, 0.3) is 0 Å². The molecule has 1 heterocycles. The second-order valence-corrected chi connectivity index (χ2v) is 5.44. The van der Waals surface area contributed by atoms with Crippen molar-refractivity contribution in [2.75, 3.05) is 32.1 Å². The Morgan fingerprint density at radius 1 is 1.53 bits per heavy atom. The van der Waals surface area contributed by atoms with Crippen molar-refractivity contribution in [3.8, 4) is 0 Å². The van der Waals surface area contributed by atoms with Gasteiger partial charge in [0.1, 0.15) is 10.7 Å². The normalized spacial score (nSPS) is 11.8. The van der Waals surface area contributed by atoms with Gasteiger partial charge in [-0.1, -0.05) is 0 Å². The third-order valence-electron chi connectivity index (χ3n) is 2.22. The van der Waals surface area contributed by atoms with E-state index in [2.05, 4.69) is 10.3 Å². The lowest BCUT2D eigenvalue weighted by Crippen LogP contribution is -2.30. The van der Waals surface area contributed by atoms with E-state index in [1.54, 1.807) is 6.07 Å². The average Bonchev–Trinajstić information content (AvgIpc) is 2.30. The maximum absolute atomic E-state index is 12.2. The first kappa shape index (κ1) is 13.9. The summed E-state index contributed by atoms with van der Waals surface area (Å²) in [6, 6.07) is 3.06. The molecule has 7 heteroatoms. The molecule has 1 aromatic rings. The van der Waals surface area contributed by atoms with E-state index in [9.17, 15) is 8.42 Å². The third-order valence-corrected chi connectivity index (χ3v) is 4.11. The van der Waals surface area contributed by atoms with Gasteiger partial charge in [-0.3, -0.25) is 0 Å². The van der Waals surface area contributed by atoms with Gasteiger partial charge >= 0.3 is 0 Å². The highest BCUT2D eigenvalue weighted by Gasteiger charge is 2.23. The molecule has 96 valence electrons. The van der Waals surface area contributed by atoms with Crippen LogP contribution in [0.5, 0.6) is 0 Å². The number of nitrogens with zero attached hydrogens (tertiary/aromatic N) is 2. The monoisotopic (exact) mass is 259 g/mol. The number of hydrogen-bond acceptors (Lipinski definition) is 5. The van der Waals surface area contributed by atoms with E-state index in [1.807, 2.05) is 6.92 Å². The Bertz CT molecular complexity index is 462. The Morgan fingerprint density at radius 3 is 2.82 bits per heavy atom. The van der Waals surface area contributed by atoms with Crippen LogP contribution in [-0.4, -0.2) is 49.6 Å². The van der Waals surface area contributed by atoms with Gasteiger partial charge in [0.15, 0.2) is 0 Å². The van der Waals surface area contributed by atoms with Gasteiger partial charge in [0.25, 0.3) is 0 Å². The SMILES string of the molecule is CCNc1ncccc1S(=O)(=O)N(C)CCO. The second kappa shape index (κ2) is 5.95. The Kier molecular flexibility index (Phi) is 4.86. The minimum Gasteiger partial charge on any atom is -0.395 e. The molecule has 17 heavy (non-hydrogen) atoms. The number of pyridine rings is 1. The maximum atomic E-state index is 12.2. The number of anilines is 1. The van der Waals surface area contributed by atoms with Crippen molar-refractivity contribution in [2.24, 2.45) is 0 Å². The van der Waals surface area contributed by atoms with Crippen molar-refractivity contribution in [1.82, 2.24) is 9.29 Å². The van der Waals surface area contributed by atoms with Gasteiger partial charge in [0.05, 0.1) is 6.61 Å². The Morgan fingerprint density at radius 2 is 2.24 bits per heavy atom. The van der Waals surface area contributed by atoms with E-state index in [1.165, 1.54) is 19.3 Å². The molecular formula is C10H17N3O3S. The van der Waals surface area contributed by atoms with Crippen LogP contribution in [0.1, 0.15) is 6.92 Å². The molecule has 1 aromatic heterocycles. The van der Waals surface area contributed by atoms with Crippen LogP contribution < -0.4 is 5.32 Å². The lowest BCUT2D eigenvalue weighted by atomic mass is 10.4. The van der Waals surface area contributed by atoms with E-state index in [0.29, 0.717) is 12.4 Å². The molecule has 0 saturated heterocycles. The number of nitrogens with one attached hydrogen (secondary N) is 1. The van der Waals surface area contributed by atoms with Gasteiger partial charge in [-0.15, -0.1) is 0 Å². The van der Waals surface area contributed by atoms with Gasteiger partial charge < -0.3 is 10.4 Å². The maximum Gasteiger partial charge on any atom is 0.246 e. The molecular weight excluding hydrogens is 242 g/mol. The molecule has 0 fully saturated rings. The highest BCUT2D eigenvalue weighted by atomic mass is 32.2. The molecule has 0 unspecified atom stereocenters. The molecule has 0 spiro atoms. The number of aliphatic hydroxyl groups excluding tert-OH is 1. The van der Waals surface area contributed by atoms with E-state index in [-0.39, 0.29) is 18.0 Å². The first-order chi connectivity index (χ1) is 8.04. The highest BCUT2D eigenvalue weighted by molar-refractivity contribution is 7.89. The molecule has 6 nitrogen and oxygen atoms in total. The molecule has 0 saturated carbocycles. The average molecular weight is 259 g/mol. The Balaban J connectivity index is 3.14. The molecule has 0 amide bonds. The Labute approximate surface area is 101 Å². The summed E-state index contributed by atoms with van der Waals surface area (Å²) in [5.74, 6) is 0.333. The van der Waals surface area contributed by atoms with Gasteiger partial charge in [-0.2, -0.15) is 4.31 Å². The molecule has 2 N–H and O–H groups in total. The summed E-state index contributed by atoms with van der Waals surface area (Å²) >= 11 is 0. The molecule has 0 aliphatic rings. The fourth-order valence-corrected chi connectivity index (χ4v) is 2.61. The molecule has 1 rings (SSSR count). The van der Waals surface area contributed by atoms with Crippen molar-refractivity contribution in [2.45, 2.75) is 11.8 Å². The number of rotatable bonds is 6. The lowest BCUT2D eigenvalue weighted by molar-refractivity contribution is 0.266. The zero-order valence-electron chi connectivity index (χ0n) is 9.92. The zero-order chi connectivity index (χ0) is 12.9. The molecule has 0 atom stereocenters. The van der Waals surface area contributed by atoms with Crippen LogP contribution in [0.4, 0.5) is 5.82 Å².